The van der Waals surface area contributed by atoms with Gasteiger partial charge in [-0.25, -0.2) is 0 Å². The minimum absolute atomic E-state index is 0.423. The summed E-state index contributed by atoms with van der Waals surface area (Å²) in [6.07, 6.45) is 8.99. The predicted octanol–water partition coefficient (Wildman–Crippen LogP) is 3.01. The molecule has 0 bridgehead atoms. The maximum absolute atomic E-state index is 4.65. The highest BCUT2D eigenvalue weighted by Gasteiger charge is 2.11. The van der Waals surface area contributed by atoms with E-state index < -0.39 is 0 Å². The van der Waals surface area contributed by atoms with Crippen molar-refractivity contribution < 1.29 is 0 Å². The minimum atomic E-state index is 0.423. The van der Waals surface area contributed by atoms with Gasteiger partial charge < -0.3 is 5.32 Å². The quantitative estimate of drug-likeness (QED) is 0.811. The van der Waals surface area contributed by atoms with E-state index in [0.717, 1.165) is 25.8 Å². The Kier molecular flexibility index (Phi) is 5.93. The summed E-state index contributed by atoms with van der Waals surface area (Å²) in [7, 11) is 0. The lowest BCUT2D eigenvalue weighted by Gasteiger charge is -2.16. The predicted molar refractivity (Wildman–Crippen MR) is 86.3 cm³/mol. The SMILES string of the molecule is CCNC(CCc1cccnc1)Cc1ccn(C(C)C)n1. The average molecular weight is 286 g/mol. The molecule has 0 saturated heterocycles. The first-order valence-corrected chi connectivity index (χ1v) is 7.85. The largest absolute Gasteiger partial charge is 0.314 e. The molecule has 2 rings (SSSR count). The Morgan fingerprint density at radius 2 is 2.14 bits per heavy atom. The molecule has 2 heterocycles. The molecule has 2 aromatic heterocycles. The van der Waals surface area contributed by atoms with Gasteiger partial charge in [-0.3, -0.25) is 9.67 Å². The summed E-state index contributed by atoms with van der Waals surface area (Å²) in [6.45, 7) is 7.45. The molecule has 0 amide bonds. The van der Waals surface area contributed by atoms with Crippen LogP contribution in [0.4, 0.5) is 0 Å². The summed E-state index contributed by atoms with van der Waals surface area (Å²) in [6, 6.07) is 7.16. The van der Waals surface area contributed by atoms with Crippen LogP contribution in [0.15, 0.2) is 36.8 Å². The van der Waals surface area contributed by atoms with Crippen molar-refractivity contribution in [1.29, 1.82) is 0 Å². The lowest BCUT2D eigenvalue weighted by Crippen LogP contribution is -2.31. The lowest BCUT2D eigenvalue weighted by atomic mass is 10.0. The molecule has 0 fully saturated rings. The van der Waals surface area contributed by atoms with Crippen LogP contribution in [0.25, 0.3) is 0 Å². The van der Waals surface area contributed by atoms with Gasteiger partial charge in [-0.15, -0.1) is 0 Å². The number of nitrogens with one attached hydrogen (secondary N) is 1. The molecule has 1 atom stereocenters. The maximum Gasteiger partial charge on any atom is 0.0640 e. The standard InChI is InChI=1S/C17H26N4/c1-4-19-16(8-7-15-6-5-10-18-13-15)12-17-9-11-21(20-17)14(2)3/h5-6,9-11,13-14,16,19H,4,7-8,12H2,1-3H3. The van der Waals surface area contributed by atoms with E-state index in [1.54, 1.807) is 0 Å². The molecular weight excluding hydrogens is 260 g/mol. The van der Waals surface area contributed by atoms with E-state index in [1.807, 2.05) is 23.1 Å². The summed E-state index contributed by atoms with van der Waals surface area (Å²) in [5, 5.41) is 8.22. The van der Waals surface area contributed by atoms with Crippen LogP contribution in [0.3, 0.4) is 0 Å². The molecule has 0 saturated carbocycles. The van der Waals surface area contributed by atoms with Gasteiger partial charge >= 0.3 is 0 Å². The van der Waals surface area contributed by atoms with E-state index >= 15 is 0 Å². The highest BCUT2D eigenvalue weighted by Crippen LogP contribution is 2.10. The van der Waals surface area contributed by atoms with Crippen molar-refractivity contribution in [3.63, 3.8) is 0 Å². The highest BCUT2D eigenvalue weighted by molar-refractivity contribution is 5.09. The van der Waals surface area contributed by atoms with Crippen molar-refractivity contribution in [1.82, 2.24) is 20.1 Å². The Morgan fingerprint density at radius 1 is 1.29 bits per heavy atom. The van der Waals surface area contributed by atoms with Crippen molar-refractivity contribution in [2.75, 3.05) is 6.54 Å². The molecular formula is C17H26N4. The van der Waals surface area contributed by atoms with Crippen molar-refractivity contribution in [3.8, 4) is 0 Å². The second-order valence-corrected chi connectivity index (χ2v) is 5.74. The minimum Gasteiger partial charge on any atom is -0.314 e. The van der Waals surface area contributed by atoms with Crippen LogP contribution in [0.5, 0.6) is 0 Å². The van der Waals surface area contributed by atoms with Crippen LogP contribution in [0.1, 0.15) is 44.5 Å². The van der Waals surface area contributed by atoms with Crippen molar-refractivity contribution in [2.24, 2.45) is 0 Å². The fraction of sp³-hybridized carbons (Fsp3) is 0.529. The van der Waals surface area contributed by atoms with E-state index in [-0.39, 0.29) is 0 Å². The van der Waals surface area contributed by atoms with Gasteiger partial charge in [-0.05, 0) is 50.9 Å². The Bertz CT molecular complexity index is 519. The van der Waals surface area contributed by atoms with Gasteiger partial charge in [-0.1, -0.05) is 13.0 Å². The molecule has 1 unspecified atom stereocenters. The molecule has 0 aliphatic carbocycles. The summed E-state index contributed by atoms with van der Waals surface area (Å²) in [4.78, 5) is 4.18. The normalized spacial score (nSPS) is 12.8. The second kappa shape index (κ2) is 7.93. The zero-order valence-corrected chi connectivity index (χ0v) is 13.3. The van der Waals surface area contributed by atoms with Crippen LogP contribution >= 0.6 is 0 Å². The van der Waals surface area contributed by atoms with E-state index in [1.165, 1.54) is 11.3 Å². The summed E-state index contributed by atoms with van der Waals surface area (Å²) >= 11 is 0. The van der Waals surface area contributed by atoms with Crippen LogP contribution in [0.2, 0.25) is 0 Å². The van der Waals surface area contributed by atoms with Gasteiger partial charge in [-0.2, -0.15) is 5.10 Å². The Balaban J connectivity index is 1.91. The van der Waals surface area contributed by atoms with E-state index in [0.29, 0.717) is 12.1 Å². The fourth-order valence-corrected chi connectivity index (χ4v) is 2.48. The topological polar surface area (TPSA) is 42.7 Å². The molecule has 0 aliphatic rings. The number of nitrogens with zero attached hydrogens (tertiary/aromatic N) is 3. The van der Waals surface area contributed by atoms with E-state index in [9.17, 15) is 0 Å². The first-order chi connectivity index (χ1) is 10.2. The average Bonchev–Trinajstić information content (AvgIpc) is 2.95. The number of hydrogen-bond donors (Lipinski definition) is 1. The summed E-state index contributed by atoms with van der Waals surface area (Å²) in [5.41, 5.74) is 2.47. The van der Waals surface area contributed by atoms with Gasteiger partial charge in [0.2, 0.25) is 0 Å². The smallest absolute Gasteiger partial charge is 0.0640 e. The lowest BCUT2D eigenvalue weighted by molar-refractivity contribution is 0.475. The van der Waals surface area contributed by atoms with Crippen LogP contribution < -0.4 is 5.32 Å². The monoisotopic (exact) mass is 286 g/mol. The van der Waals surface area contributed by atoms with Gasteiger partial charge in [0, 0.05) is 37.1 Å². The molecule has 4 nitrogen and oxygen atoms in total. The second-order valence-electron chi connectivity index (χ2n) is 5.74. The number of pyridine rings is 1. The van der Waals surface area contributed by atoms with E-state index in [4.69, 9.17) is 0 Å². The van der Waals surface area contributed by atoms with Crippen molar-refractivity contribution >= 4 is 0 Å². The molecule has 114 valence electrons. The van der Waals surface area contributed by atoms with E-state index in [2.05, 4.69) is 54.5 Å². The molecule has 0 aliphatic heterocycles. The third-order valence-electron chi connectivity index (χ3n) is 3.65. The first-order valence-electron chi connectivity index (χ1n) is 7.85. The van der Waals surface area contributed by atoms with Crippen LogP contribution in [-0.4, -0.2) is 27.4 Å². The molecule has 2 aromatic rings. The molecule has 0 spiro atoms. The van der Waals surface area contributed by atoms with Gasteiger partial charge in [0.1, 0.15) is 0 Å². The molecule has 1 N–H and O–H groups in total. The molecule has 0 aromatic carbocycles. The zero-order valence-electron chi connectivity index (χ0n) is 13.3. The van der Waals surface area contributed by atoms with Crippen LogP contribution in [-0.2, 0) is 12.8 Å². The van der Waals surface area contributed by atoms with Crippen molar-refractivity contribution in [3.05, 3.63) is 48.0 Å². The maximum atomic E-state index is 4.65. The van der Waals surface area contributed by atoms with Gasteiger partial charge in [0.05, 0.1) is 5.69 Å². The summed E-state index contributed by atoms with van der Waals surface area (Å²) in [5.74, 6) is 0. The summed E-state index contributed by atoms with van der Waals surface area (Å²) < 4.78 is 2.03. The number of aryl methyl sites for hydroxylation is 1. The molecule has 0 radical (unpaired) electrons. The van der Waals surface area contributed by atoms with Gasteiger partial charge in [0.15, 0.2) is 0 Å². The third kappa shape index (κ3) is 4.97. The number of likely N-dealkylation sites (N-methyl/N-ethyl adjacent to an activating group) is 1. The number of aromatic nitrogens is 3. The Morgan fingerprint density at radius 3 is 2.76 bits per heavy atom. The Labute approximate surface area is 127 Å². The first kappa shape index (κ1) is 15.7. The van der Waals surface area contributed by atoms with Crippen molar-refractivity contribution in [2.45, 2.75) is 52.1 Å². The molecule has 4 heteroatoms. The van der Waals surface area contributed by atoms with Gasteiger partial charge in [0.25, 0.3) is 0 Å². The highest BCUT2D eigenvalue weighted by atomic mass is 15.3. The third-order valence-corrected chi connectivity index (χ3v) is 3.65. The molecule has 21 heavy (non-hydrogen) atoms. The van der Waals surface area contributed by atoms with Crippen LogP contribution in [0, 0.1) is 0 Å². The number of hydrogen-bond acceptors (Lipinski definition) is 3. The number of rotatable bonds is 8. The Hall–Kier alpha value is -1.68. The fourth-order valence-electron chi connectivity index (χ4n) is 2.48. The zero-order chi connectivity index (χ0) is 15.1.